The zero-order valence-corrected chi connectivity index (χ0v) is 11.6. The highest BCUT2D eigenvalue weighted by atomic mass is 16.6. The van der Waals surface area contributed by atoms with Crippen molar-refractivity contribution in [1.29, 1.82) is 0 Å². The maximum absolute atomic E-state index is 12.2. The van der Waals surface area contributed by atoms with Gasteiger partial charge in [-0.25, -0.2) is 4.79 Å². The second-order valence-corrected chi connectivity index (χ2v) is 5.28. The number of nitrogens with two attached hydrogens (primary N) is 1. The highest BCUT2D eigenvalue weighted by molar-refractivity contribution is 5.68. The number of rotatable bonds is 2. The molecule has 0 aromatic heterocycles. The minimum absolute atomic E-state index is 0.0343. The van der Waals surface area contributed by atoms with E-state index in [1.165, 1.54) is 0 Å². The Kier molecular flexibility index (Phi) is 4.43. The van der Waals surface area contributed by atoms with Crippen LogP contribution >= 0.6 is 0 Å². The van der Waals surface area contributed by atoms with Crippen LogP contribution in [0.1, 0.15) is 32.3 Å². The third kappa shape index (κ3) is 3.26. The van der Waals surface area contributed by atoms with Crippen LogP contribution in [0.2, 0.25) is 0 Å². The molecule has 3 atom stereocenters. The number of carbonyl (C=O) groups excluding carboxylic acids is 1. The first-order valence-electron chi connectivity index (χ1n) is 6.84. The van der Waals surface area contributed by atoms with Gasteiger partial charge in [0.25, 0.3) is 0 Å². The Labute approximate surface area is 114 Å². The van der Waals surface area contributed by atoms with Crippen molar-refractivity contribution in [1.82, 2.24) is 4.90 Å². The van der Waals surface area contributed by atoms with Gasteiger partial charge in [0.15, 0.2) is 0 Å². The number of likely N-dealkylation sites (tertiary alicyclic amines) is 1. The van der Waals surface area contributed by atoms with Crippen LogP contribution in [0.25, 0.3) is 0 Å². The summed E-state index contributed by atoms with van der Waals surface area (Å²) in [6, 6.07) is 9.98. The summed E-state index contributed by atoms with van der Waals surface area (Å²) in [4.78, 5) is 14.0. The van der Waals surface area contributed by atoms with Gasteiger partial charge < -0.3 is 15.4 Å². The lowest BCUT2D eigenvalue weighted by Gasteiger charge is -2.41. The first kappa shape index (κ1) is 13.9. The van der Waals surface area contributed by atoms with Gasteiger partial charge in [-0.3, -0.25) is 0 Å². The van der Waals surface area contributed by atoms with Crippen LogP contribution in [0.3, 0.4) is 0 Å². The number of nitrogens with zero attached hydrogens (tertiary/aromatic N) is 1. The fourth-order valence-electron chi connectivity index (χ4n) is 2.56. The van der Waals surface area contributed by atoms with Crippen LogP contribution in [0.15, 0.2) is 30.3 Å². The number of amides is 1. The fraction of sp³-hybridized carbons (Fsp3) is 0.533. The van der Waals surface area contributed by atoms with Gasteiger partial charge in [-0.05, 0) is 32.3 Å². The topological polar surface area (TPSA) is 55.6 Å². The Morgan fingerprint density at radius 1 is 1.32 bits per heavy atom. The summed E-state index contributed by atoms with van der Waals surface area (Å²) in [5, 5.41) is 0. The maximum Gasteiger partial charge on any atom is 0.410 e. The smallest absolute Gasteiger partial charge is 0.410 e. The zero-order valence-electron chi connectivity index (χ0n) is 11.6. The van der Waals surface area contributed by atoms with E-state index in [1.54, 1.807) is 4.90 Å². The van der Waals surface area contributed by atoms with Crippen molar-refractivity contribution in [3.63, 3.8) is 0 Å². The van der Waals surface area contributed by atoms with E-state index in [4.69, 9.17) is 10.5 Å². The SMILES string of the molecule is CC1CCC(N)C(C)N1C(=O)OCc1ccccc1. The molecule has 4 nitrogen and oxygen atoms in total. The molecule has 1 aliphatic heterocycles. The summed E-state index contributed by atoms with van der Waals surface area (Å²) >= 11 is 0. The van der Waals surface area contributed by atoms with Crippen molar-refractivity contribution in [3.05, 3.63) is 35.9 Å². The van der Waals surface area contributed by atoms with Crippen molar-refractivity contribution in [2.45, 2.75) is 51.4 Å². The largest absolute Gasteiger partial charge is 0.445 e. The molecule has 0 aliphatic carbocycles. The molecular weight excluding hydrogens is 240 g/mol. The van der Waals surface area contributed by atoms with Gasteiger partial charge in [0, 0.05) is 18.1 Å². The molecule has 2 N–H and O–H groups in total. The summed E-state index contributed by atoms with van der Waals surface area (Å²) < 4.78 is 5.39. The minimum Gasteiger partial charge on any atom is -0.445 e. The van der Waals surface area contributed by atoms with Gasteiger partial charge in [-0.1, -0.05) is 30.3 Å². The normalized spacial score (nSPS) is 27.1. The fourth-order valence-corrected chi connectivity index (χ4v) is 2.56. The first-order chi connectivity index (χ1) is 9.09. The average molecular weight is 262 g/mol. The Morgan fingerprint density at radius 2 is 2.00 bits per heavy atom. The van der Waals surface area contributed by atoms with Crippen LogP contribution in [-0.4, -0.2) is 29.1 Å². The van der Waals surface area contributed by atoms with Crippen LogP contribution in [0.4, 0.5) is 4.79 Å². The molecule has 1 aromatic carbocycles. The summed E-state index contributed by atoms with van der Waals surface area (Å²) in [5.41, 5.74) is 7.02. The van der Waals surface area contributed by atoms with Gasteiger partial charge in [0.2, 0.25) is 0 Å². The number of carbonyl (C=O) groups is 1. The second-order valence-electron chi connectivity index (χ2n) is 5.28. The molecular formula is C15H22N2O2. The van der Waals surface area contributed by atoms with E-state index in [0.717, 1.165) is 18.4 Å². The maximum atomic E-state index is 12.2. The molecule has 2 rings (SSSR count). The minimum atomic E-state index is -0.265. The molecule has 0 radical (unpaired) electrons. The van der Waals surface area contributed by atoms with Crippen molar-refractivity contribution in [2.75, 3.05) is 0 Å². The van der Waals surface area contributed by atoms with E-state index < -0.39 is 0 Å². The van der Waals surface area contributed by atoms with Crippen molar-refractivity contribution >= 4 is 6.09 Å². The zero-order chi connectivity index (χ0) is 13.8. The summed E-state index contributed by atoms with van der Waals surface area (Å²) in [7, 11) is 0. The van der Waals surface area contributed by atoms with E-state index in [1.807, 2.05) is 44.2 Å². The predicted octanol–water partition coefficient (Wildman–Crippen LogP) is 2.52. The molecule has 1 saturated heterocycles. The van der Waals surface area contributed by atoms with Crippen LogP contribution in [-0.2, 0) is 11.3 Å². The molecule has 1 heterocycles. The molecule has 1 aliphatic rings. The average Bonchev–Trinajstić information content (AvgIpc) is 2.42. The molecule has 3 unspecified atom stereocenters. The summed E-state index contributed by atoms with van der Waals surface area (Å²) in [5.74, 6) is 0. The van der Waals surface area contributed by atoms with Crippen molar-refractivity contribution in [2.24, 2.45) is 5.73 Å². The lowest BCUT2D eigenvalue weighted by atomic mass is 9.94. The number of ether oxygens (including phenoxy) is 1. The van der Waals surface area contributed by atoms with Gasteiger partial charge in [0.05, 0.1) is 0 Å². The quantitative estimate of drug-likeness (QED) is 0.891. The van der Waals surface area contributed by atoms with E-state index in [9.17, 15) is 4.79 Å². The van der Waals surface area contributed by atoms with Gasteiger partial charge in [-0.15, -0.1) is 0 Å². The molecule has 1 amide bonds. The highest BCUT2D eigenvalue weighted by Crippen LogP contribution is 2.23. The van der Waals surface area contributed by atoms with Gasteiger partial charge in [-0.2, -0.15) is 0 Å². The monoisotopic (exact) mass is 262 g/mol. The van der Waals surface area contributed by atoms with E-state index >= 15 is 0 Å². The standard InChI is InChI=1S/C15H22N2O2/c1-11-8-9-14(16)12(2)17(11)15(18)19-10-13-6-4-3-5-7-13/h3-7,11-12,14H,8-10,16H2,1-2H3. The van der Waals surface area contributed by atoms with Crippen LogP contribution in [0, 0.1) is 0 Å². The lowest BCUT2D eigenvalue weighted by Crippen LogP contribution is -2.56. The molecule has 1 fully saturated rings. The molecule has 1 aromatic rings. The molecule has 19 heavy (non-hydrogen) atoms. The molecule has 0 saturated carbocycles. The third-order valence-corrected chi connectivity index (χ3v) is 3.87. The van der Waals surface area contributed by atoms with E-state index in [-0.39, 0.29) is 24.2 Å². The molecule has 4 heteroatoms. The van der Waals surface area contributed by atoms with E-state index in [2.05, 4.69) is 0 Å². The second kappa shape index (κ2) is 6.06. The Bertz CT molecular complexity index is 421. The number of piperidine rings is 1. The molecule has 0 spiro atoms. The summed E-state index contributed by atoms with van der Waals surface area (Å²) in [6.07, 6.45) is 1.63. The third-order valence-electron chi connectivity index (χ3n) is 3.87. The number of hydrogen-bond donors (Lipinski definition) is 1. The van der Waals surface area contributed by atoms with Gasteiger partial charge in [0.1, 0.15) is 6.61 Å². The van der Waals surface area contributed by atoms with Crippen LogP contribution in [0.5, 0.6) is 0 Å². The molecule has 0 bridgehead atoms. The Hall–Kier alpha value is -1.55. The highest BCUT2D eigenvalue weighted by Gasteiger charge is 2.34. The summed E-state index contributed by atoms with van der Waals surface area (Å²) in [6.45, 7) is 4.35. The van der Waals surface area contributed by atoms with Crippen molar-refractivity contribution in [3.8, 4) is 0 Å². The number of hydrogen-bond acceptors (Lipinski definition) is 3. The lowest BCUT2D eigenvalue weighted by molar-refractivity contribution is 0.0443. The van der Waals surface area contributed by atoms with Gasteiger partial charge >= 0.3 is 6.09 Å². The van der Waals surface area contributed by atoms with E-state index in [0.29, 0.717) is 6.61 Å². The number of benzene rings is 1. The molecule has 104 valence electrons. The Balaban J connectivity index is 1.95. The van der Waals surface area contributed by atoms with Crippen LogP contribution < -0.4 is 5.73 Å². The predicted molar refractivity (Wildman–Crippen MR) is 74.6 cm³/mol. The first-order valence-corrected chi connectivity index (χ1v) is 6.84. The Morgan fingerprint density at radius 3 is 2.68 bits per heavy atom. The van der Waals surface area contributed by atoms with Crippen molar-refractivity contribution < 1.29 is 9.53 Å².